The van der Waals surface area contributed by atoms with Crippen LogP contribution < -0.4 is 13.6 Å². The van der Waals surface area contributed by atoms with E-state index in [1.807, 2.05) is 0 Å². The van der Waals surface area contributed by atoms with E-state index < -0.39 is 25.9 Å². The number of hydrogen-bond donors (Lipinski definition) is 0. The van der Waals surface area contributed by atoms with Crippen LogP contribution in [0.4, 0.5) is 0 Å². The Morgan fingerprint density at radius 2 is 0.922 bits per heavy atom. The van der Waals surface area contributed by atoms with Crippen LogP contribution in [0.3, 0.4) is 0 Å². The van der Waals surface area contributed by atoms with Crippen LogP contribution in [0.25, 0.3) is 45.5 Å². The predicted octanol–water partition coefficient (Wildman–Crippen LogP) is 15.8. The van der Waals surface area contributed by atoms with Crippen molar-refractivity contribution in [1.82, 2.24) is 0 Å². The molecule has 4 heteroatoms. The summed E-state index contributed by atoms with van der Waals surface area (Å²) in [6.07, 6.45) is 13.5. The second-order valence-electron chi connectivity index (χ2n) is 19.8. The van der Waals surface area contributed by atoms with Crippen molar-refractivity contribution in [2.45, 2.75) is 126 Å². The van der Waals surface area contributed by atoms with E-state index in [2.05, 4.69) is 183 Å². The first kappa shape index (κ1) is 45.6. The monoisotopic (exact) mass is 975 g/mol. The Bertz CT molecular complexity index is 2680. The summed E-state index contributed by atoms with van der Waals surface area (Å²) in [5, 5.41) is 3.00. The third-order valence-corrected chi connectivity index (χ3v) is 37.8. The van der Waals surface area contributed by atoms with Gasteiger partial charge in [-0.3, -0.25) is 0 Å². The van der Waals surface area contributed by atoms with Crippen molar-refractivity contribution in [1.29, 1.82) is 0 Å². The van der Waals surface area contributed by atoms with Crippen molar-refractivity contribution in [3.63, 3.8) is 0 Å². The van der Waals surface area contributed by atoms with Gasteiger partial charge in [0.15, 0.2) is 0 Å². The van der Waals surface area contributed by atoms with Crippen LogP contribution in [-0.2, 0) is 29.2 Å². The van der Waals surface area contributed by atoms with E-state index in [9.17, 15) is 17.0 Å². The van der Waals surface area contributed by atoms with Gasteiger partial charge in [-0.05, 0) is 0 Å². The Kier molecular flexibility index (Phi) is 13.0. The summed E-state index contributed by atoms with van der Waals surface area (Å²) in [5.74, 6) is 0.789. The van der Waals surface area contributed by atoms with E-state index in [4.69, 9.17) is 0 Å². The molecule has 9 rings (SSSR count). The average molecular weight is 978 g/mol. The Labute approximate surface area is 395 Å². The normalized spacial score (nSPS) is 17.3. The van der Waals surface area contributed by atoms with Gasteiger partial charge in [-0.2, -0.15) is 0 Å². The van der Waals surface area contributed by atoms with Crippen LogP contribution in [0.2, 0.25) is 0 Å². The van der Waals surface area contributed by atoms with Gasteiger partial charge < -0.3 is 0 Å². The third-order valence-electron chi connectivity index (χ3n) is 15.0. The molecule has 0 nitrogen and oxygen atoms in total. The maximum atomic E-state index is 9.55. The molecule has 329 valence electrons. The summed E-state index contributed by atoms with van der Waals surface area (Å²) in [5.41, 5.74) is 22.3. The summed E-state index contributed by atoms with van der Waals surface area (Å²) in [7, 11) is 18.2. The quantitative estimate of drug-likeness (QED) is 0.0898. The molecule has 1 aliphatic heterocycles. The van der Waals surface area contributed by atoms with Gasteiger partial charge in [0.1, 0.15) is 0 Å². The van der Waals surface area contributed by atoms with Crippen molar-refractivity contribution in [2.75, 3.05) is 0 Å². The van der Waals surface area contributed by atoms with Gasteiger partial charge in [0.2, 0.25) is 0 Å². The summed E-state index contributed by atoms with van der Waals surface area (Å²) >= 11 is -5.71. The Balaban J connectivity index is 1.41. The molecular weight excluding hydrogens is 911 g/mol. The van der Waals surface area contributed by atoms with Crippen molar-refractivity contribution >= 4 is 52.3 Å². The zero-order chi connectivity index (χ0) is 44.9. The first-order chi connectivity index (χ1) is 31.0. The van der Waals surface area contributed by atoms with Crippen LogP contribution in [0, 0.1) is 0 Å². The number of fused-ring (bicyclic) bond motifs is 5. The first-order valence-corrected chi connectivity index (χ1v) is 36.5. The van der Waals surface area contributed by atoms with E-state index in [1.54, 1.807) is 0 Å². The van der Waals surface area contributed by atoms with E-state index in [-0.39, 0.29) is 7.25 Å². The standard InChI is InChI=1S/2C24H29.C12H9Si.2ClH.Zr/c2*1-5-9-18-15-20-14-13-19(10-6-2)24(23(20)16-18)22-12-8-7-11-21(22)17(3)4;1-3-7-11-9(5-1)10-6-2-4-8-12(10)13-11;;;/h2*7-8,11-17H,5-6,9-10H2,1-4H3;1-7H,13H2;2*1H;/q;;;;;+2/p-2. The van der Waals surface area contributed by atoms with E-state index in [1.165, 1.54) is 103 Å². The zero-order valence-electron chi connectivity index (χ0n) is 39.6. The summed E-state index contributed by atoms with van der Waals surface area (Å²) in [4.78, 5) is 0. The molecule has 2 aliphatic carbocycles. The van der Waals surface area contributed by atoms with Crippen LogP contribution in [-0.4, -0.2) is 9.52 Å². The van der Waals surface area contributed by atoms with Gasteiger partial charge >= 0.3 is 399 Å². The second-order valence-corrected chi connectivity index (χ2v) is 42.2. The Morgan fingerprint density at radius 1 is 0.484 bits per heavy atom. The van der Waals surface area contributed by atoms with Gasteiger partial charge in [-0.1, -0.05) is 0 Å². The molecule has 0 fully saturated rings. The molecule has 2 atom stereocenters. The fourth-order valence-corrected chi connectivity index (χ4v) is 40.5. The average Bonchev–Trinajstić information content (AvgIpc) is 3.99. The molecule has 2 unspecified atom stereocenters. The SMILES string of the molecule is CCCC1=Cc2c(ccc(CCC)c2-c2ccccc2C(C)C)[CH]1[Zr]([Cl])([Cl])([c]1cccc2c1[SiH2]c1ccccc1-2)[CH]1C(CCC)=Cc2c1ccc(CCC)c2-c1ccccc1C(C)C. The molecule has 0 spiro atoms. The van der Waals surface area contributed by atoms with Crippen molar-refractivity contribution < 1.29 is 16.4 Å². The number of aryl methyl sites for hydroxylation is 2. The molecule has 3 aliphatic rings. The fourth-order valence-electron chi connectivity index (χ4n) is 12.5. The molecule has 6 aromatic rings. The maximum absolute atomic E-state index is 9.55. The molecule has 0 aromatic heterocycles. The van der Waals surface area contributed by atoms with Crippen LogP contribution in [0.5, 0.6) is 0 Å². The molecule has 0 amide bonds. The zero-order valence-corrected chi connectivity index (χ0v) is 44.9. The molecule has 6 aromatic carbocycles. The predicted molar refractivity (Wildman–Crippen MR) is 282 cm³/mol. The number of benzene rings is 6. The van der Waals surface area contributed by atoms with Crippen LogP contribution >= 0.6 is 17.0 Å². The summed E-state index contributed by atoms with van der Waals surface area (Å²) in [6, 6.07) is 44.6. The molecular formula is C60H67Cl2SiZr. The number of hydrogen-bond acceptors (Lipinski definition) is 0. The molecule has 0 saturated heterocycles. The third kappa shape index (κ3) is 7.41. The first-order valence-electron chi connectivity index (χ1n) is 24.6. The van der Waals surface area contributed by atoms with Gasteiger partial charge in [0.05, 0.1) is 0 Å². The van der Waals surface area contributed by atoms with Gasteiger partial charge in [0.25, 0.3) is 0 Å². The molecule has 1 heterocycles. The van der Waals surface area contributed by atoms with Crippen molar-refractivity contribution in [3.05, 3.63) is 171 Å². The van der Waals surface area contributed by atoms with Gasteiger partial charge in [-0.25, -0.2) is 0 Å². The number of rotatable bonds is 15. The molecule has 0 saturated carbocycles. The molecule has 0 N–H and O–H groups in total. The second kappa shape index (κ2) is 18.3. The van der Waals surface area contributed by atoms with E-state index in [0.717, 1.165) is 51.4 Å². The number of halogens is 2. The fraction of sp³-hybridized carbons (Fsp3) is 0.333. The van der Waals surface area contributed by atoms with Crippen molar-refractivity contribution in [3.8, 4) is 33.4 Å². The van der Waals surface area contributed by atoms with Gasteiger partial charge in [-0.15, -0.1) is 0 Å². The minimum atomic E-state index is -5.71. The van der Waals surface area contributed by atoms with E-state index in [0.29, 0.717) is 11.8 Å². The van der Waals surface area contributed by atoms with Crippen LogP contribution in [0.15, 0.2) is 126 Å². The minimum absolute atomic E-state index is 0.0810. The number of allylic oxidation sites excluding steroid dienone is 2. The molecule has 0 radical (unpaired) electrons. The topological polar surface area (TPSA) is 0 Å². The Morgan fingerprint density at radius 3 is 1.39 bits per heavy atom. The van der Waals surface area contributed by atoms with Crippen LogP contribution in [0.1, 0.15) is 158 Å². The summed E-state index contributed by atoms with van der Waals surface area (Å²) < 4.78 is 1.17. The Hall–Kier alpha value is -3.52. The van der Waals surface area contributed by atoms with E-state index >= 15 is 0 Å². The summed E-state index contributed by atoms with van der Waals surface area (Å²) in [6.45, 7) is 18.7. The molecule has 0 bridgehead atoms. The van der Waals surface area contributed by atoms with Gasteiger partial charge in [0, 0.05) is 0 Å². The molecule has 64 heavy (non-hydrogen) atoms. The van der Waals surface area contributed by atoms with Crippen molar-refractivity contribution in [2.24, 2.45) is 0 Å².